The largest absolute Gasteiger partial charge is 0.481 e. The highest BCUT2D eigenvalue weighted by molar-refractivity contribution is 7.92. The maximum atomic E-state index is 13.6. The first kappa shape index (κ1) is 46.5. The molecule has 2 aromatic carbocycles. The molecule has 15 heteroatoms. The molecule has 7 N–H and O–H groups in total. The fraction of sp³-hybridized carbons (Fsp3) is 0.528. The molecule has 0 aliphatic rings. The van der Waals surface area contributed by atoms with Gasteiger partial charge in [0.1, 0.15) is 6.04 Å². The number of amides is 4. The maximum Gasteiger partial charge on any atom is 0.300 e. The van der Waals surface area contributed by atoms with Gasteiger partial charge in [0.05, 0.1) is 24.0 Å². The van der Waals surface area contributed by atoms with Crippen molar-refractivity contribution in [1.29, 1.82) is 0 Å². The van der Waals surface area contributed by atoms with E-state index in [1.165, 1.54) is 25.2 Å². The minimum atomic E-state index is -3.69. The second kappa shape index (κ2) is 23.1. The zero-order valence-electron chi connectivity index (χ0n) is 31.6. The molecule has 0 radical (unpaired) electrons. The first-order chi connectivity index (χ1) is 23.8. The van der Waals surface area contributed by atoms with Gasteiger partial charge in [-0.3, -0.25) is 28.3 Å². The monoisotopic (exact) mass is 734 g/mol. The van der Waals surface area contributed by atoms with Crippen molar-refractivity contribution in [2.24, 2.45) is 11.7 Å². The maximum absolute atomic E-state index is 13.6. The third-order valence-corrected chi connectivity index (χ3v) is 8.73. The predicted octanol–water partition coefficient (Wildman–Crippen LogP) is 3.58. The number of nitrogens with zero attached hydrogens (tertiary/aromatic N) is 1. The number of rotatable bonds is 17. The smallest absolute Gasteiger partial charge is 0.300 e. The topological polar surface area (TPSA) is 217 Å². The van der Waals surface area contributed by atoms with E-state index in [0.29, 0.717) is 6.42 Å². The molecule has 0 fully saturated rings. The molecule has 0 aliphatic carbocycles. The molecule has 0 heterocycles. The van der Waals surface area contributed by atoms with Gasteiger partial charge in [-0.25, -0.2) is 8.42 Å². The van der Waals surface area contributed by atoms with Crippen LogP contribution in [0.3, 0.4) is 0 Å². The number of hydrogen-bond acceptors (Lipinski definition) is 8. The average Bonchev–Trinajstić information content (AvgIpc) is 3.07. The number of carboxylic acids is 1. The first-order valence-electron chi connectivity index (χ1n) is 17.1. The van der Waals surface area contributed by atoms with Gasteiger partial charge in [0.2, 0.25) is 21.8 Å². The second-order valence-corrected chi connectivity index (χ2v) is 14.2. The van der Waals surface area contributed by atoms with Crippen molar-refractivity contribution in [1.82, 2.24) is 21.3 Å². The van der Waals surface area contributed by atoms with Crippen LogP contribution in [-0.4, -0.2) is 81.1 Å². The number of nitrogens with one attached hydrogen (secondary N) is 4. The summed E-state index contributed by atoms with van der Waals surface area (Å²) in [4.78, 5) is 60.3. The quantitative estimate of drug-likeness (QED) is 0.140. The minimum absolute atomic E-state index is 0.106. The predicted molar refractivity (Wildman–Crippen MR) is 201 cm³/mol. The van der Waals surface area contributed by atoms with E-state index in [0.717, 1.165) is 35.9 Å². The van der Waals surface area contributed by atoms with Crippen molar-refractivity contribution in [3.8, 4) is 0 Å². The van der Waals surface area contributed by atoms with Crippen LogP contribution in [0.25, 0.3) is 0 Å². The molecule has 0 aliphatic heterocycles. The Kier molecular flexibility index (Phi) is 21.0. The number of carbonyl (C=O) groups excluding carboxylic acids is 4. The van der Waals surface area contributed by atoms with Crippen molar-refractivity contribution in [2.75, 3.05) is 24.2 Å². The number of benzene rings is 2. The molecule has 2 rings (SSSR count). The van der Waals surface area contributed by atoms with Crippen LogP contribution in [0.4, 0.5) is 5.69 Å². The third-order valence-electron chi connectivity index (χ3n) is 7.53. The Bertz CT molecular complexity index is 1530. The molecule has 0 saturated carbocycles. The van der Waals surface area contributed by atoms with E-state index in [-0.39, 0.29) is 35.3 Å². The van der Waals surface area contributed by atoms with Crippen LogP contribution in [-0.2, 0) is 24.4 Å². The molecule has 0 aromatic heterocycles. The van der Waals surface area contributed by atoms with Crippen LogP contribution in [0.2, 0.25) is 0 Å². The van der Waals surface area contributed by atoms with Gasteiger partial charge in [-0.15, -0.1) is 0 Å². The lowest BCUT2D eigenvalue weighted by atomic mass is 10.0. The Morgan fingerprint density at radius 3 is 1.84 bits per heavy atom. The zero-order valence-corrected chi connectivity index (χ0v) is 32.4. The number of anilines is 1. The molecule has 2 aromatic rings. The number of carbonyl (C=O) groups is 5. The van der Waals surface area contributed by atoms with E-state index in [9.17, 15) is 27.6 Å². The Morgan fingerprint density at radius 1 is 0.882 bits per heavy atom. The minimum Gasteiger partial charge on any atom is -0.481 e. The Hall–Kier alpha value is -4.50. The van der Waals surface area contributed by atoms with Gasteiger partial charge in [-0.2, -0.15) is 0 Å². The molecule has 4 amide bonds. The van der Waals surface area contributed by atoms with Crippen LogP contribution >= 0.6 is 0 Å². The number of hydrogen-bond donors (Lipinski definition) is 6. The van der Waals surface area contributed by atoms with Gasteiger partial charge in [0.15, 0.2) is 0 Å². The lowest BCUT2D eigenvalue weighted by Gasteiger charge is -2.25. The summed E-state index contributed by atoms with van der Waals surface area (Å²) in [6.45, 7) is 14.4. The Labute approximate surface area is 303 Å². The fourth-order valence-corrected chi connectivity index (χ4v) is 5.04. The van der Waals surface area contributed by atoms with Crippen LogP contribution in [0.5, 0.6) is 0 Å². The molecule has 286 valence electrons. The number of unbranched alkanes of at least 4 members (excludes halogenated alkanes) is 1. The van der Waals surface area contributed by atoms with E-state index in [4.69, 9.17) is 15.6 Å². The molecular weight excluding hydrogens is 676 g/mol. The third kappa shape index (κ3) is 17.3. The van der Waals surface area contributed by atoms with Gasteiger partial charge in [0, 0.05) is 37.7 Å². The highest BCUT2D eigenvalue weighted by atomic mass is 32.2. The normalized spacial score (nSPS) is 13.1. The number of sulfonamides is 1. The van der Waals surface area contributed by atoms with Crippen molar-refractivity contribution in [2.45, 2.75) is 98.8 Å². The average molecular weight is 735 g/mol. The van der Waals surface area contributed by atoms with E-state index in [2.05, 4.69) is 21.3 Å². The second-order valence-electron chi connectivity index (χ2n) is 12.2. The van der Waals surface area contributed by atoms with Gasteiger partial charge in [-0.1, -0.05) is 77.8 Å². The molecule has 51 heavy (non-hydrogen) atoms. The van der Waals surface area contributed by atoms with Crippen molar-refractivity contribution < 1.29 is 37.5 Å². The van der Waals surface area contributed by atoms with E-state index >= 15 is 0 Å². The number of primary amides is 1. The fourth-order valence-electron chi connectivity index (χ4n) is 4.55. The van der Waals surface area contributed by atoms with Crippen LogP contribution in [0.1, 0.15) is 107 Å². The van der Waals surface area contributed by atoms with Crippen molar-refractivity contribution in [3.63, 3.8) is 0 Å². The van der Waals surface area contributed by atoms with E-state index in [1.54, 1.807) is 20.8 Å². The summed E-state index contributed by atoms with van der Waals surface area (Å²) in [5.74, 6) is -3.00. The molecule has 14 nitrogen and oxygen atoms in total. The highest BCUT2D eigenvalue weighted by Gasteiger charge is 2.25. The summed E-state index contributed by atoms with van der Waals surface area (Å²) in [7, 11) is -2.34. The summed E-state index contributed by atoms with van der Waals surface area (Å²) in [5.41, 5.74) is 6.70. The Morgan fingerprint density at radius 2 is 1.39 bits per heavy atom. The molecule has 4 atom stereocenters. The molecule has 1 unspecified atom stereocenters. The molecule has 0 saturated heterocycles. The van der Waals surface area contributed by atoms with Gasteiger partial charge >= 0.3 is 0 Å². The first-order valence-corrected chi connectivity index (χ1v) is 18.9. The molecule has 0 spiro atoms. The number of carboxylic acid groups (broad SMARTS) is 1. The van der Waals surface area contributed by atoms with E-state index < -0.39 is 57.7 Å². The SMILES string of the molecule is CC.CC(=O)O.CCCC[C@@H](CNC(C)C(=O)N[C@H](C(N)=O)C(C)C)NC(=O)c1cc(C(=O)N[C@H](C)c2ccccc2)cc(N(C)S(C)(=O)=O)c1. The summed E-state index contributed by atoms with van der Waals surface area (Å²) in [5, 5.41) is 19.1. The van der Waals surface area contributed by atoms with Crippen LogP contribution in [0.15, 0.2) is 48.5 Å². The molecular formula is C36H58N6O8S. The summed E-state index contributed by atoms with van der Waals surface area (Å²) in [6.07, 6.45) is 3.31. The zero-order chi connectivity index (χ0) is 39.5. The lowest BCUT2D eigenvalue weighted by molar-refractivity contribution is -0.134. The summed E-state index contributed by atoms with van der Waals surface area (Å²) in [6, 6.07) is 11.4. The molecule has 0 bridgehead atoms. The lowest BCUT2D eigenvalue weighted by Crippen LogP contribution is -2.54. The van der Waals surface area contributed by atoms with Crippen molar-refractivity contribution in [3.05, 3.63) is 65.2 Å². The van der Waals surface area contributed by atoms with Crippen molar-refractivity contribution >= 4 is 45.3 Å². The summed E-state index contributed by atoms with van der Waals surface area (Å²) < 4.78 is 25.7. The van der Waals surface area contributed by atoms with Crippen LogP contribution < -0.4 is 31.3 Å². The van der Waals surface area contributed by atoms with Gasteiger partial charge < -0.3 is 32.1 Å². The Balaban J connectivity index is 0.00000388. The van der Waals surface area contributed by atoms with Gasteiger partial charge in [-0.05, 0) is 49.9 Å². The highest BCUT2D eigenvalue weighted by Crippen LogP contribution is 2.22. The summed E-state index contributed by atoms with van der Waals surface area (Å²) >= 11 is 0. The number of nitrogens with two attached hydrogens (primary N) is 1. The van der Waals surface area contributed by atoms with E-state index in [1.807, 2.05) is 58.0 Å². The number of aliphatic carboxylic acids is 1. The van der Waals surface area contributed by atoms with Gasteiger partial charge in [0.25, 0.3) is 17.8 Å². The standard InChI is InChI=1S/C32H48N6O6S.C2H4O2.C2H6/c1-8-9-15-26(19-34-22(5)30(40)37-28(20(2)3)29(33)39)36-32(42)25-16-24(17-27(18-25)38(6)45(7,43)44)31(41)35-21(4)23-13-11-10-12-14-23;1-2(3)4;1-2/h10-14,16-18,20-22,26,28,34H,8-9,15,19H2,1-7H3,(H2,33,39)(H,35,41)(H,36,42)(H,37,40);1H3,(H,3,4);1-2H3/t21-,22?,26+,28+;;/m1../s1. The van der Waals surface area contributed by atoms with Crippen LogP contribution in [0, 0.1) is 5.92 Å².